The van der Waals surface area contributed by atoms with Gasteiger partial charge in [-0.15, -0.1) is 0 Å². The Kier molecular flexibility index (Phi) is 1.47. The van der Waals surface area contributed by atoms with Gasteiger partial charge in [-0.3, -0.25) is 0 Å². The lowest BCUT2D eigenvalue weighted by Crippen LogP contribution is -2.02. The summed E-state index contributed by atoms with van der Waals surface area (Å²) in [5, 5.41) is 0. The molecule has 3 heteroatoms. The largest absolute Gasteiger partial charge is 0.355 e. The van der Waals surface area contributed by atoms with Crippen LogP contribution in [0.25, 0.3) is 0 Å². The van der Waals surface area contributed by atoms with Gasteiger partial charge in [0.1, 0.15) is 13.1 Å². The standard InChI is InChI=1S/C7H10O3/c8-1-5-6-2-9-4-10-3-7(5)6/h1,5-7H,2-4H2. The van der Waals surface area contributed by atoms with E-state index in [0.29, 0.717) is 31.8 Å². The molecule has 2 rings (SSSR count). The molecule has 1 heterocycles. The molecule has 2 aliphatic rings. The maximum absolute atomic E-state index is 10.3. The monoisotopic (exact) mass is 142 g/mol. The van der Waals surface area contributed by atoms with Crippen LogP contribution in [0.1, 0.15) is 0 Å². The maximum atomic E-state index is 10.3. The molecule has 2 fully saturated rings. The van der Waals surface area contributed by atoms with Crippen LogP contribution < -0.4 is 0 Å². The van der Waals surface area contributed by atoms with Crippen LogP contribution in [0.2, 0.25) is 0 Å². The van der Waals surface area contributed by atoms with Gasteiger partial charge in [-0.2, -0.15) is 0 Å². The summed E-state index contributed by atoms with van der Waals surface area (Å²) < 4.78 is 10.2. The van der Waals surface area contributed by atoms with Gasteiger partial charge >= 0.3 is 0 Å². The molecule has 1 aliphatic heterocycles. The lowest BCUT2D eigenvalue weighted by atomic mass is 10.3. The van der Waals surface area contributed by atoms with Crippen molar-refractivity contribution in [2.75, 3.05) is 20.0 Å². The smallest absolute Gasteiger partial charge is 0.146 e. The van der Waals surface area contributed by atoms with E-state index in [4.69, 9.17) is 9.47 Å². The average Bonchev–Trinajstić information content (AvgIpc) is 2.59. The van der Waals surface area contributed by atoms with E-state index in [9.17, 15) is 4.79 Å². The second kappa shape index (κ2) is 2.32. The van der Waals surface area contributed by atoms with Crippen LogP contribution in [0.4, 0.5) is 0 Å². The minimum Gasteiger partial charge on any atom is -0.355 e. The first kappa shape index (κ1) is 6.31. The molecule has 3 nitrogen and oxygen atoms in total. The van der Waals surface area contributed by atoms with Crippen molar-refractivity contribution in [1.82, 2.24) is 0 Å². The number of carbonyl (C=O) groups is 1. The summed E-state index contributed by atoms with van der Waals surface area (Å²) in [6.45, 7) is 1.81. The van der Waals surface area contributed by atoms with E-state index in [-0.39, 0.29) is 5.92 Å². The Morgan fingerprint density at radius 3 is 2.30 bits per heavy atom. The molecule has 0 aromatic carbocycles. The van der Waals surface area contributed by atoms with E-state index in [1.807, 2.05) is 0 Å². The van der Waals surface area contributed by atoms with E-state index in [2.05, 4.69) is 0 Å². The zero-order chi connectivity index (χ0) is 6.97. The second-order valence-electron chi connectivity index (χ2n) is 2.90. The van der Waals surface area contributed by atoms with E-state index in [1.54, 1.807) is 0 Å². The molecule has 0 N–H and O–H groups in total. The van der Waals surface area contributed by atoms with Crippen LogP contribution in [0.5, 0.6) is 0 Å². The fraction of sp³-hybridized carbons (Fsp3) is 0.857. The van der Waals surface area contributed by atoms with E-state index in [1.165, 1.54) is 0 Å². The van der Waals surface area contributed by atoms with Crippen molar-refractivity contribution in [3.8, 4) is 0 Å². The van der Waals surface area contributed by atoms with Crippen molar-refractivity contribution in [3.63, 3.8) is 0 Å². The van der Waals surface area contributed by atoms with Crippen LogP contribution in [0.3, 0.4) is 0 Å². The SMILES string of the molecule is O=CC1C2COCOCC12. The first-order valence-corrected chi connectivity index (χ1v) is 3.54. The van der Waals surface area contributed by atoms with Crippen LogP contribution in [0.15, 0.2) is 0 Å². The molecular weight excluding hydrogens is 132 g/mol. The lowest BCUT2D eigenvalue weighted by Gasteiger charge is -1.99. The summed E-state index contributed by atoms with van der Waals surface area (Å²) >= 11 is 0. The Labute approximate surface area is 59.3 Å². The third-order valence-corrected chi connectivity index (χ3v) is 2.34. The van der Waals surface area contributed by atoms with Crippen molar-refractivity contribution in [2.45, 2.75) is 0 Å². The molecule has 0 aromatic heterocycles. The second-order valence-corrected chi connectivity index (χ2v) is 2.90. The van der Waals surface area contributed by atoms with Gasteiger partial charge in [-0.1, -0.05) is 0 Å². The zero-order valence-electron chi connectivity index (χ0n) is 5.66. The van der Waals surface area contributed by atoms with Gasteiger partial charge in [0.05, 0.1) is 13.2 Å². The molecule has 1 saturated carbocycles. The van der Waals surface area contributed by atoms with Gasteiger partial charge in [0.25, 0.3) is 0 Å². The van der Waals surface area contributed by atoms with Crippen LogP contribution >= 0.6 is 0 Å². The summed E-state index contributed by atoms with van der Waals surface area (Å²) in [5.41, 5.74) is 0. The number of fused-ring (bicyclic) bond motifs is 1. The Morgan fingerprint density at radius 2 is 1.80 bits per heavy atom. The van der Waals surface area contributed by atoms with Crippen molar-refractivity contribution in [2.24, 2.45) is 17.8 Å². The highest BCUT2D eigenvalue weighted by Gasteiger charge is 2.50. The summed E-state index contributed by atoms with van der Waals surface area (Å²) in [6.07, 6.45) is 1.02. The Hall–Kier alpha value is -0.410. The molecule has 0 radical (unpaired) electrons. The van der Waals surface area contributed by atoms with Crippen molar-refractivity contribution in [3.05, 3.63) is 0 Å². The summed E-state index contributed by atoms with van der Waals surface area (Å²) in [7, 11) is 0. The molecule has 2 atom stereocenters. The van der Waals surface area contributed by atoms with Gasteiger partial charge in [0.15, 0.2) is 0 Å². The topological polar surface area (TPSA) is 35.5 Å². The average molecular weight is 142 g/mol. The predicted molar refractivity (Wildman–Crippen MR) is 33.3 cm³/mol. The summed E-state index contributed by atoms with van der Waals surface area (Å²) in [5.74, 6) is 1.14. The molecular formula is C7H10O3. The van der Waals surface area contributed by atoms with Gasteiger partial charge in [0.2, 0.25) is 0 Å². The van der Waals surface area contributed by atoms with E-state index < -0.39 is 0 Å². The Morgan fingerprint density at radius 1 is 1.20 bits per heavy atom. The third-order valence-electron chi connectivity index (χ3n) is 2.34. The van der Waals surface area contributed by atoms with Gasteiger partial charge < -0.3 is 14.3 Å². The van der Waals surface area contributed by atoms with Crippen LogP contribution in [-0.4, -0.2) is 26.3 Å². The number of aldehydes is 1. The minimum atomic E-state index is 0.222. The minimum absolute atomic E-state index is 0.222. The molecule has 0 amide bonds. The zero-order valence-corrected chi connectivity index (χ0v) is 5.66. The van der Waals surface area contributed by atoms with Gasteiger partial charge in [0, 0.05) is 5.92 Å². The molecule has 56 valence electrons. The highest BCUT2D eigenvalue weighted by atomic mass is 16.7. The molecule has 0 spiro atoms. The Bertz CT molecular complexity index is 134. The molecule has 10 heavy (non-hydrogen) atoms. The fourth-order valence-electron chi connectivity index (χ4n) is 1.57. The molecule has 0 aromatic rings. The van der Waals surface area contributed by atoms with E-state index in [0.717, 1.165) is 6.29 Å². The maximum Gasteiger partial charge on any atom is 0.146 e. The normalized spacial score (nSPS) is 45.4. The lowest BCUT2D eigenvalue weighted by molar-refractivity contribution is -0.110. The number of carbonyl (C=O) groups excluding carboxylic acids is 1. The third kappa shape index (κ3) is 0.859. The van der Waals surface area contributed by atoms with Crippen molar-refractivity contribution in [1.29, 1.82) is 0 Å². The van der Waals surface area contributed by atoms with Crippen LogP contribution in [0, 0.1) is 17.8 Å². The Balaban J connectivity index is 1.94. The fourth-order valence-corrected chi connectivity index (χ4v) is 1.57. The van der Waals surface area contributed by atoms with Crippen molar-refractivity contribution >= 4 is 6.29 Å². The number of hydrogen-bond donors (Lipinski definition) is 0. The first-order valence-electron chi connectivity index (χ1n) is 3.54. The van der Waals surface area contributed by atoms with Crippen molar-refractivity contribution < 1.29 is 14.3 Å². The van der Waals surface area contributed by atoms with Gasteiger partial charge in [-0.05, 0) is 11.8 Å². The molecule has 0 bridgehead atoms. The summed E-state index contributed by atoms with van der Waals surface area (Å²) in [6, 6.07) is 0. The number of ether oxygens (including phenoxy) is 2. The summed E-state index contributed by atoms with van der Waals surface area (Å²) in [4.78, 5) is 10.3. The van der Waals surface area contributed by atoms with Gasteiger partial charge in [-0.25, -0.2) is 0 Å². The quantitative estimate of drug-likeness (QED) is 0.485. The number of hydrogen-bond acceptors (Lipinski definition) is 3. The number of rotatable bonds is 1. The highest BCUT2D eigenvalue weighted by molar-refractivity contribution is 5.59. The first-order chi connectivity index (χ1) is 4.93. The molecule has 1 aliphatic carbocycles. The molecule has 2 unspecified atom stereocenters. The highest BCUT2D eigenvalue weighted by Crippen LogP contribution is 2.45. The van der Waals surface area contributed by atoms with E-state index >= 15 is 0 Å². The molecule has 1 saturated heterocycles. The predicted octanol–water partition coefficient (Wildman–Crippen LogP) is 0.0518. The van der Waals surface area contributed by atoms with Crippen LogP contribution in [-0.2, 0) is 14.3 Å².